The maximum Gasteiger partial charge on any atom is 0.299 e. The van der Waals surface area contributed by atoms with E-state index in [1.165, 1.54) is 18.9 Å². The normalized spacial score (nSPS) is 22.5. The van der Waals surface area contributed by atoms with Gasteiger partial charge in [-0.1, -0.05) is 23.0 Å². The average Bonchev–Trinajstić information content (AvgIpc) is 2.75. The molecule has 1 aromatic carbocycles. The van der Waals surface area contributed by atoms with Crippen molar-refractivity contribution < 1.29 is 14.4 Å². The highest BCUT2D eigenvalue weighted by atomic mass is 32.2. The van der Waals surface area contributed by atoms with Gasteiger partial charge < -0.3 is 10.2 Å². The lowest BCUT2D eigenvalue weighted by Crippen LogP contribution is -2.29. The molecule has 2 aliphatic rings. The van der Waals surface area contributed by atoms with Crippen LogP contribution in [-0.4, -0.2) is 34.9 Å². The number of anilines is 1. The van der Waals surface area contributed by atoms with Crippen molar-refractivity contribution in [3.63, 3.8) is 0 Å². The number of hydrogen-bond donors (Lipinski definition) is 2. The third kappa shape index (κ3) is 2.38. The monoisotopic (exact) mass is 304 g/mol. The molecule has 21 heavy (non-hydrogen) atoms. The van der Waals surface area contributed by atoms with E-state index >= 15 is 0 Å². The van der Waals surface area contributed by atoms with Gasteiger partial charge in [0.2, 0.25) is 0 Å². The number of carbonyl (C=O) groups is 2. The number of nitrogens with one attached hydrogen (secondary N) is 2. The number of oxime groups is 1. The number of thioether (sulfide) groups is 1. The van der Waals surface area contributed by atoms with Gasteiger partial charge in [0.1, 0.15) is 7.11 Å². The number of benzene rings is 1. The fraction of sp³-hybridized carbons (Fsp3) is 0.231. The molecule has 0 radical (unpaired) electrons. The summed E-state index contributed by atoms with van der Waals surface area (Å²) in [5.41, 5.74) is 5.60. The summed E-state index contributed by atoms with van der Waals surface area (Å²) in [5, 5.41) is 10.3. The summed E-state index contributed by atoms with van der Waals surface area (Å²) in [6.45, 7) is 1.91. The number of rotatable bonds is 2. The van der Waals surface area contributed by atoms with E-state index in [0.29, 0.717) is 11.3 Å². The zero-order valence-corrected chi connectivity index (χ0v) is 12.2. The zero-order chi connectivity index (χ0) is 15.0. The molecule has 0 spiro atoms. The number of nitrogens with zero attached hydrogens (tertiary/aromatic N) is 2. The van der Waals surface area contributed by atoms with E-state index in [1.807, 2.05) is 19.1 Å². The molecule has 0 aliphatic carbocycles. The minimum Gasteiger partial charge on any atom is -0.398 e. The van der Waals surface area contributed by atoms with Gasteiger partial charge in [0.15, 0.2) is 5.71 Å². The highest BCUT2D eigenvalue weighted by molar-refractivity contribution is 8.14. The molecular weight excluding hydrogens is 292 g/mol. The second-order valence-electron chi connectivity index (χ2n) is 4.49. The van der Waals surface area contributed by atoms with E-state index in [4.69, 9.17) is 4.84 Å². The van der Waals surface area contributed by atoms with Crippen LogP contribution in [0.4, 0.5) is 10.5 Å². The van der Waals surface area contributed by atoms with Crippen molar-refractivity contribution in [1.29, 1.82) is 0 Å². The largest absolute Gasteiger partial charge is 0.398 e. The van der Waals surface area contributed by atoms with Crippen molar-refractivity contribution in [3.05, 3.63) is 29.3 Å². The summed E-state index contributed by atoms with van der Waals surface area (Å²) in [7, 11) is 1.39. The van der Waals surface area contributed by atoms with Crippen LogP contribution in [0, 0.1) is 0 Å². The van der Waals surface area contributed by atoms with Crippen LogP contribution >= 0.6 is 11.8 Å². The summed E-state index contributed by atoms with van der Waals surface area (Å²) >= 11 is 1.17. The molecule has 0 fully saturated rings. The molecule has 1 unspecified atom stereocenters. The highest BCUT2D eigenvalue weighted by Gasteiger charge is 2.29. The Morgan fingerprint density at radius 2 is 2.19 bits per heavy atom. The Bertz CT molecular complexity index is 699. The Balaban J connectivity index is 2.03. The summed E-state index contributed by atoms with van der Waals surface area (Å²) in [6.07, 6.45) is 0. The Hall–Kier alpha value is -2.35. The Kier molecular flexibility index (Phi) is 3.38. The van der Waals surface area contributed by atoms with Crippen molar-refractivity contribution >= 4 is 40.0 Å². The average molecular weight is 304 g/mol. The van der Waals surface area contributed by atoms with Gasteiger partial charge in [0.25, 0.3) is 11.1 Å². The van der Waals surface area contributed by atoms with Crippen LogP contribution in [0.1, 0.15) is 18.1 Å². The molecule has 7 nitrogen and oxygen atoms in total. The minimum absolute atomic E-state index is 0.0651. The Labute approximate surface area is 124 Å². The molecule has 2 heterocycles. The smallest absolute Gasteiger partial charge is 0.299 e. The molecule has 108 valence electrons. The van der Waals surface area contributed by atoms with Gasteiger partial charge in [-0.25, -0.2) is 5.43 Å². The van der Waals surface area contributed by atoms with Gasteiger partial charge >= 0.3 is 0 Å². The number of carbonyl (C=O) groups excluding carboxylic acids is 2. The zero-order valence-electron chi connectivity index (χ0n) is 11.3. The fourth-order valence-corrected chi connectivity index (χ4v) is 2.95. The van der Waals surface area contributed by atoms with Crippen molar-refractivity contribution in [2.75, 3.05) is 12.4 Å². The predicted octanol–water partition coefficient (Wildman–Crippen LogP) is 1.54. The minimum atomic E-state index is -0.301. The summed E-state index contributed by atoms with van der Waals surface area (Å²) in [5.74, 6) is -0.301. The Morgan fingerprint density at radius 1 is 1.38 bits per heavy atom. The lowest BCUT2D eigenvalue weighted by molar-refractivity contribution is -0.110. The van der Waals surface area contributed by atoms with Crippen molar-refractivity contribution in [2.45, 2.75) is 12.2 Å². The van der Waals surface area contributed by atoms with E-state index in [1.54, 1.807) is 6.07 Å². The SMILES string of the molecule is CON=C1C(=O)Nc2ccc(C3=NNC(=O)SC3C)cc21. The van der Waals surface area contributed by atoms with E-state index in [0.717, 1.165) is 11.3 Å². The predicted molar refractivity (Wildman–Crippen MR) is 80.7 cm³/mol. The molecule has 0 bridgehead atoms. The van der Waals surface area contributed by atoms with Crippen molar-refractivity contribution in [1.82, 2.24) is 5.43 Å². The summed E-state index contributed by atoms with van der Waals surface area (Å²) in [4.78, 5) is 27.8. The fourth-order valence-electron chi connectivity index (χ4n) is 2.23. The van der Waals surface area contributed by atoms with E-state index < -0.39 is 0 Å². The molecule has 3 rings (SSSR count). The Morgan fingerprint density at radius 3 is 2.90 bits per heavy atom. The molecule has 0 saturated carbocycles. The maximum atomic E-state index is 11.8. The summed E-state index contributed by atoms with van der Waals surface area (Å²) < 4.78 is 0. The topological polar surface area (TPSA) is 92.2 Å². The van der Waals surface area contributed by atoms with Crippen LogP contribution < -0.4 is 10.7 Å². The lowest BCUT2D eigenvalue weighted by Gasteiger charge is -2.18. The molecule has 0 saturated heterocycles. The van der Waals surface area contributed by atoms with E-state index in [9.17, 15) is 9.59 Å². The van der Waals surface area contributed by atoms with Crippen molar-refractivity contribution in [2.24, 2.45) is 10.3 Å². The van der Waals surface area contributed by atoms with Crippen LogP contribution in [0.25, 0.3) is 0 Å². The molecule has 2 amide bonds. The molecule has 2 N–H and O–H groups in total. The first kappa shape index (κ1) is 13.6. The number of hydrogen-bond acceptors (Lipinski definition) is 6. The third-order valence-corrected chi connectivity index (χ3v) is 4.04. The van der Waals surface area contributed by atoms with E-state index in [-0.39, 0.29) is 22.1 Å². The van der Waals surface area contributed by atoms with Crippen molar-refractivity contribution in [3.8, 4) is 0 Å². The van der Waals surface area contributed by atoms with Crippen LogP contribution in [0.5, 0.6) is 0 Å². The first-order chi connectivity index (χ1) is 10.1. The van der Waals surface area contributed by atoms with Crippen LogP contribution in [0.2, 0.25) is 0 Å². The maximum absolute atomic E-state index is 11.8. The first-order valence-corrected chi connectivity index (χ1v) is 7.09. The number of hydrazone groups is 1. The van der Waals surface area contributed by atoms with Crippen LogP contribution in [0.3, 0.4) is 0 Å². The van der Waals surface area contributed by atoms with Crippen LogP contribution in [0.15, 0.2) is 28.5 Å². The van der Waals surface area contributed by atoms with Gasteiger partial charge in [0, 0.05) is 5.56 Å². The molecular formula is C13H12N4O3S. The first-order valence-electron chi connectivity index (χ1n) is 6.21. The van der Waals surface area contributed by atoms with E-state index in [2.05, 4.69) is 21.0 Å². The van der Waals surface area contributed by atoms with Gasteiger partial charge in [-0.2, -0.15) is 5.10 Å². The van der Waals surface area contributed by atoms with Gasteiger partial charge in [-0.15, -0.1) is 0 Å². The molecule has 1 atom stereocenters. The summed E-state index contributed by atoms with van der Waals surface area (Å²) in [6, 6.07) is 5.46. The highest BCUT2D eigenvalue weighted by Crippen LogP contribution is 2.28. The van der Waals surface area contributed by atoms with Crippen LogP contribution in [-0.2, 0) is 9.63 Å². The van der Waals surface area contributed by atoms with Gasteiger partial charge in [-0.3, -0.25) is 9.59 Å². The molecule has 8 heteroatoms. The third-order valence-electron chi connectivity index (χ3n) is 3.15. The second kappa shape index (κ2) is 5.21. The molecule has 2 aliphatic heterocycles. The molecule has 1 aromatic rings. The van der Waals surface area contributed by atoms with Gasteiger partial charge in [-0.05, 0) is 24.6 Å². The standard InChI is InChI=1S/C13H12N4O3S/c1-6-10(15-16-13(19)21-6)7-3-4-9-8(5-7)11(17-20-2)12(18)14-9/h3-6H,1-2H3,(H,16,19)(H,14,17,18). The number of fused-ring (bicyclic) bond motifs is 1. The number of amides is 2. The second-order valence-corrected chi connectivity index (χ2v) is 5.81. The quantitative estimate of drug-likeness (QED) is 0.811. The lowest BCUT2D eigenvalue weighted by atomic mass is 10.0. The van der Waals surface area contributed by atoms with Gasteiger partial charge in [0.05, 0.1) is 16.6 Å². The molecule has 0 aromatic heterocycles.